The summed E-state index contributed by atoms with van der Waals surface area (Å²) in [4.78, 5) is 11.8. The molecule has 5 nitrogen and oxygen atoms in total. The third-order valence-corrected chi connectivity index (χ3v) is 4.70. The van der Waals surface area contributed by atoms with Crippen molar-refractivity contribution in [3.05, 3.63) is 75.9 Å². The average molecular weight is 368 g/mol. The van der Waals surface area contributed by atoms with Crippen LogP contribution < -0.4 is 5.63 Å². The minimum absolute atomic E-state index is 0.320. The Balaban J connectivity index is 1.58. The van der Waals surface area contributed by atoms with Gasteiger partial charge in [0.05, 0.1) is 0 Å². The summed E-state index contributed by atoms with van der Waals surface area (Å²) < 4.78 is 23.8. The number of aromatic nitrogens is 2. The third kappa shape index (κ3) is 3.39. The van der Waals surface area contributed by atoms with Crippen molar-refractivity contribution in [3.63, 3.8) is 0 Å². The van der Waals surface area contributed by atoms with E-state index in [0.29, 0.717) is 28.0 Å². The summed E-state index contributed by atoms with van der Waals surface area (Å²) in [7, 11) is 0. The quantitative estimate of drug-likeness (QED) is 0.388. The van der Waals surface area contributed by atoms with Crippen molar-refractivity contribution in [2.75, 3.05) is 0 Å². The molecule has 0 amide bonds. The number of benzene rings is 2. The van der Waals surface area contributed by atoms with Crippen molar-refractivity contribution in [2.24, 2.45) is 0 Å². The van der Waals surface area contributed by atoms with E-state index in [4.69, 9.17) is 8.83 Å². The summed E-state index contributed by atoms with van der Waals surface area (Å²) in [5.74, 6) is 0.477. The van der Waals surface area contributed by atoms with Gasteiger partial charge in [0.25, 0.3) is 5.22 Å². The van der Waals surface area contributed by atoms with E-state index >= 15 is 0 Å². The molecule has 4 aromatic rings. The van der Waals surface area contributed by atoms with Crippen LogP contribution in [0.3, 0.4) is 0 Å². The van der Waals surface area contributed by atoms with Crippen molar-refractivity contribution in [1.29, 1.82) is 0 Å². The van der Waals surface area contributed by atoms with Crippen molar-refractivity contribution in [1.82, 2.24) is 10.2 Å². The molecule has 0 radical (unpaired) electrons. The summed E-state index contributed by atoms with van der Waals surface area (Å²) in [6, 6.07) is 13.0. The van der Waals surface area contributed by atoms with Crippen LogP contribution in [0.5, 0.6) is 0 Å². The van der Waals surface area contributed by atoms with Crippen LogP contribution >= 0.6 is 11.8 Å². The van der Waals surface area contributed by atoms with Gasteiger partial charge in [-0.2, -0.15) is 0 Å². The Morgan fingerprint density at radius 1 is 1.04 bits per heavy atom. The number of thioether (sulfide) groups is 1. The van der Waals surface area contributed by atoms with Gasteiger partial charge in [0.1, 0.15) is 11.4 Å². The number of nitrogens with zero attached hydrogens (tertiary/aromatic N) is 2. The number of fused-ring (bicyclic) bond motifs is 1. The van der Waals surface area contributed by atoms with Crippen LogP contribution in [0.15, 0.2) is 67.4 Å². The Labute approximate surface area is 151 Å². The number of halogens is 1. The molecule has 0 bridgehead atoms. The van der Waals surface area contributed by atoms with Gasteiger partial charge < -0.3 is 8.83 Å². The number of hydrogen-bond acceptors (Lipinski definition) is 6. The fraction of sp³-hybridized carbons (Fsp3) is 0.105. The van der Waals surface area contributed by atoms with Crippen LogP contribution in [-0.4, -0.2) is 10.2 Å². The first-order valence-corrected chi connectivity index (χ1v) is 8.83. The van der Waals surface area contributed by atoms with Crippen LogP contribution in [0.1, 0.15) is 11.1 Å². The second-order valence-electron chi connectivity index (χ2n) is 5.76. The van der Waals surface area contributed by atoms with Gasteiger partial charge in [-0.1, -0.05) is 23.4 Å². The maximum Gasteiger partial charge on any atom is 0.336 e. The van der Waals surface area contributed by atoms with Gasteiger partial charge in [0.15, 0.2) is 0 Å². The zero-order valence-electron chi connectivity index (χ0n) is 13.7. The van der Waals surface area contributed by atoms with E-state index in [-0.39, 0.29) is 5.82 Å². The lowest BCUT2D eigenvalue weighted by molar-refractivity contribution is 0.465. The molecular formula is C19H13FN2O3S. The van der Waals surface area contributed by atoms with Crippen molar-refractivity contribution in [3.8, 4) is 11.5 Å². The average Bonchev–Trinajstić information content (AvgIpc) is 3.10. The van der Waals surface area contributed by atoms with Gasteiger partial charge in [-0.15, -0.1) is 10.2 Å². The zero-order valence-corrected chi connectivity index (χ0v) is 14.5. The van der Waals surface area contributed by atoms with Crippen LogP contribution in [0.2, 0.25) is 0 Å². The highest BCUT2D eigenvalue weighted by Gasteiger charge is 2.12. The Hall–Kier alpha value is -2.93. The highest BCUT2D eigenvalue weighted by molar-refractivity contribution is 7.98. The number of rotatable bonds is 4. The van der Waals surface area contributed by atoms with E-state index in [0.717, 1.165) is 16.5 Å². The topological polar surface area (TPSA) is 69.1 Å². The monoisotopic (exact) mass is 368 g/mol. The second-order valence-corrected chi connectivity index (χ2v) is 6.69. The van der Waals surface area contributed by atoms with Gasteiger partial charge >= 0.3 is 5.63 Å². The van der Waals surface area contributed by atoms with Crippen molar-refractivity contribution in [2.45, 2.75) is 17.9 Å². The molecule has 0 saturated carbocycles. The number of aryl methyl sites for hydroxylation is 1. The van der Waals surface area contributed by atoms with Crippen LogP contribution in [0.25, 0.3) is 22.4 Å². The third-order valence-electron chi connectivity index (χ3n) is 3.83. The predicted molar refractivity (Wildman–Crippen MR) is 96.5 cm³/mol. The molecule has 0 spiro atoms. The normalized spacial score (nSPS) is 11.2. The number of hydrogen-bond donors (Lipinski definition) is 0. The SMILES string of the molecule is Cc1ccc2oc(=O)cc(CSc3nnc(-c4ccc(F)cc4)o3)c2c1. The predicted octanol–water partition coefficient (Wildman–Crippen LogP) is 4.58. The molecule has 4 rings (SSSR count). The lowest BCUT2D eigenvalue weighted by atomic mass is 10.1. The van der Waals surface area contributed by atoms with Gasteiger partial charge in [-0.25, -0.2) is 9.18 Å². The van der Waals surface area contributed by atoms with E-state index in [9.17, 15) is 9.18 Å². The first kappa shape index (κ1) is 16.5. The fourth-order valence-corrected chi connectivity index (χ4v) is 3.33. The molecule has 2 heterocycles. The van der Waals surface area contributed by atoms with E-state index in [1.165, 1.54) is 30.0 Å². The maximum atomic E-state index is 13.0. The van der Waals surface area contributed by atoms with Gasteiger partial charge in [0.2, 0.25) is 5.89 Å². The summed E-state index contributed by atoms with van der Waals surface area (Å²) in [6.45, 7) is 1.98. The molecule has 130 valence electrons. The minimum atomic E-state index is -0.394. The lowest BCUT2D eigenvalue weighted by Crippen LogP contribution is -2.00. The summed E-state index contributed by atoms with van der Waals surface area (Å²) in [5, 5.41) is 9.24. The lowest BCUT2D eigenvalue weighted by Gasteiger charge is -2.04. The standard InChI is InChI=1S/C19H13FN2O3S/c1-11-2-7-16-15(8-11)13(9-17(23)24-16)10-26-19-22-21-18(25-19)12-3-5-14(20)6-4-12/h2-9H,10H2,1H3. The molecule has 0 atom stereocenters. The fourth-order valence-electron chi connectivity index (χ4n) is 2.58. The van der Waals surface area contributed by atoms with E-state index < -0.39 is 5.63 Å². The molecule has 0 aliphatic carbocycles. The molecule has 0 aliphatic heterocycles. The van der Waals surface area contributed by atoms with Crippen LogP contribution in [-0.2, 0) is 5.75 Å². The molecular weight excluding hydrogens is 355 g/mol. The largest absolute Gasteiger partial charge is 0.423 e. The highest BCUT2D eigenvalue weighted by atomic mass is 32.2. The van der Waals surface area contributed by atoms with Gasteiger partial charge in [-0.3, -0.25) is 0 Å². The Bertz CT molecular complexity index is 1140. The molecule has 0 saturated heterocycles. The Morgan fingerprint density at radius 3 is 2.65 bits per heavy atom. The first-order valence-electron chi connectivity index (χ1n) is 7.84. The van der Waals surface area contributed by atoms with Gasteiger partial charge in [-0.05, 0) is 48.9 Å². The van der Waals surface area contributed by atoms with Gasteiger partial charge in [0, 0.05) is 22.8 Å². The highest BCUT2D eigenvalue weighted by Crippen LogP contribution is 2.28. The molecule has 2 aromatic carbocycles. The van der Waals surface area contributed by atoms with Crippen molar-refractivity contribution < 1.29 is 13.2 Å². The first-order chi connectivity index (χ1) is 12.6. The maximum absolute atomic E-state index is 13.0. The van der Waals surface area contributed by atoms with Crippen LogP contribution in [0, 0.1) is 12.7 Å². The molecule has 7 heteroatoms. The molecule has 2 aromatic heterocycles. The Kier molecular flexibility index (Phi) is 4.30. The summed E-state index contributed by atoms with van der Waals surface area (Å²) in [5.41, 5.74) is 2.72. The molecule has 0 N–H and O–H groups in total. The second kappa shape index (κ2) is 6.76. The Morgan fingerprint density at radius 2 is 1.85 bits per heavy atom. The minimum Gasteiger partial charge on any atom is -0.423 e. The van der Waals surface area contributed by atoms with E-state index in [1.807, 2.05) is 19.1 Å². The summed E-state index contributed by atoms with van der Waals surface area (Å²) >= 11 is 1.33. The van der Waals surface area contributed by atoms with Crippen molar-refractivity contribution >= 4 is 22.7 Å². The van der Waals surface area contributed by atoms with Crippen LogP contribution in [0.4, 0.5) is 4.39 Å². The molecule has 0 aliphatic rings. The molecule has 26 heavy (non-hydrogen) atoms. The smallest absolute Gasteiger partial charge is 0.336 e. The summed E-state index contributed by atoms with van der Waals surface area (Å²) in [6.07, 6.45) is 0. The molecule has 0 fully saturated rings. The van der Waals surface area contributed by atoms with E-state index in [1.54, 1.807) is 18.2 Å². The van der Waals surface area contributed by atoms with E-state index in [2.05, 4.69) is 10.2 Å². The zero-order chi connectivity index (χ0) is 18.1. The molecule has 0 unspecified atom stereocenters.